The topological polar surface area (TPSA) is 17.3 Å². The Morgan fingerprint density at radius 1 is 1.38 bits per heavy atom. The van der Waals surface area contributed by atoms with Crippen LogP contribution in [0.2, 0.25) is 5.15 Å². The molecular formula is C8H3ClF3IN2Se. The number of hydrogen-bond acceptors (Lipinski definition) is 1. The second kappa shape index (κ2) is 4.36. The Morgan fingerprint density at radius 2 is 2.06 bits per heavy atom. The van der Waals surface area contributed by atoms with Crippen LogP contribution >= 0.6 is 34.2 Å². The second-order valence-corrected chi connectivity index (χ2v) is 6.48. The van der Waals surface area contributed by atoms with Crippen molar-refractivity contribution in [1.29, 1.82) is 0 Å². The van der Waals surface area contributed by atoms with Crippen LogP contribution in [0.15, 0.2) is 18.2 Å². The third-order valence-electron chi connectivity index (χ3n) is 1.74. The third-order valence-corrected chi connectivity index (χ3v) is 5.37. The summed E-state index contributed by atoms with van der Waals surface area (Å²) >= 11 is 6.03. The van der Waals surface area contributed by atoms with Gasteiger partial charge in [0.2, 0.25) is 0 Å². The first-order chi connectivity index (χ1) is 7.38. The molecule has 2 aromatic heterocycles. The van der Waals surface area contributed by atoms with Crippen molar-refractivity contribution in [3.05, 3.63) is 27.1 Å². The predicted molar refractivity (Wildman–Crippen MR) is 64.4 cm³/mol. The molecule has 2 heterocycles. The van der Waals surface area contributed by atoms with Crippen LogP contribution in [0.25, 0.3) is 5.52 Å². The summed E-state index contributed by atoms with van der Waals surface area (Å²) in [5.41, 5.74) is 0.425. The molecule has 0 atom stereocenters. The van der Waals surface area contributed by atoms with E-state index in [9.17, 15) is 13.2 Å². The zero-order valence-corrected chi connectivity index (χ0v) is 12.1. The molecule has 0 aliphatic carbocycles. The molecule has 0 aliphatic rings. The van der Waals surface area contributed by atoms with Crippen molar-refractivity contribution >= 4 is 59.1 Å². The van der Waals surface area contributed by atoms with Crippen LogP contribution in [0.4, 0.5) is 13.2 Å². The molecule has 0 aromatic carbocycles. The Balaban J connectivity index is 2.61. The molecule has 0 amide bonds. The van der Waals surface area contributed by atoms with Gasteiger partial charge in [-0.2, -0.15) is 0 Å². The molecule has 0 aliphatic heterocycles. The molecule has 2 rings (SSSR count). The maximum atomic E-state index is 12.4. The van der Waals surface area contributed by atoms with E-state index in [-0.39, 0.29) is 4.46 Å². The zero-order valence-electron chi connectivity index (χ0n) is 7.42. The van der Waals surface area contributed by atoms with Gasteiger partial charge in [0, 0.05) is 0 Å². The fourth-order valence-electron chi connectivity index (χ4n) is 1.20. The molecule has 2 nitrogen and oxygen atoms in total. The molecule has 2 aromatic rings. The fourth-order valence-corrected chi connectivity index (χ4v) is 3.75. The quantitative estimate of drug-likeness (QED) is 0.390. The summed E-state index contributed by atoms with van der Waals surface area (Å²) in [4.78, 5) is 0. The van der Waals surface area contributed by atoms with Crippen LogP contribution in [0.3, 0.4) is 0 Å². The van der Waals surface area contributed by atoms with E-state index >= 15 is 0 Å². The summed E-state index contributed by atoms with van der Waals surface area (Å²) in [5.74, 6) is 0. The fraction of sp³-hybridized carbons (Fsp3) is 0.125. The Bertz CT molecular complexity index is 540. The molecule has 0 saturated heterocycles. The molecule has 0 spiro atoms. The van der Waals surface area contributed by atoms with Gasteiger partial charge in [0.15, 0.2) is 0 Å². The van der Waals surface area contributed by atoms with E-state index in [1.807, 2.05) is 0 Å². The zero-order chi connectivity index (χ0) is 11.9. The number of alkyl halides is 3. The van der Waals surface area contributed by atoms with Gasteiger partial charge < -0.3 is 0 Å². The number of aromatic nitrogens is 2. The monoisotopic (exact) mass is 426 g/mol. The molecule has 0 N–H and O–H groups in total. The van der Waals surface area contributed by atoms with E-state index in [1.54, 1.807) is 40.8 Å². The standard InChI is InChI=1S/C8H3ClF3IN2Se/c9-5-3-1-2-4-6(16-8(10,11)12)7(13)14-15(4)5/h1-3H. The number of nitrogens with zero attached hydrogens (tertiary/aromatic N) is 2. The van der Waals surface area contributed by atoms with Gasteiger partial charge in [-0.25, -0.2) is 0 Å². The van der Waals surface area contributed by atoms with Crippen molar-refractivity contribution in [2.75, 3.05) is 0 Å². The van der Waals surface area contributed by atoms with E-state index < -0.39 is 20.0 Å². The Labute approximate surface area is 113 Å². The second-order valence-electron chi connectivity index (χ2n) is 2.81. The summed E-state index contributed by atoms with van der Waals surface area (Å²) in [6, 6.07) is 4.79. The van der Waals surface area contributed by atoms with E-state index in [2.05, 4.69) is 5.10 Å². The first-order valence-corrected chi connectivity index (χ1v) is 7.14. The molecule has 16 heavy (non-hydrogen) atoms. The summed E-state index contributed by atoms with van der Waals surface area (Å²) < 4.78 is 39.0. The van der Waals surface area contributed by atoms with Crippen molar-refractivity contribution in [3.63, 3.8) is 0 Å². The van der Waals surface area contributed by atoms with Crippen molar-refractivity contribution in [1.82, 2.24) is 9.61 Å². The van der Waals surface area contributed by atoms with Crippen molar-refractivity contribution in [2.24, 2.45) is 0 Å². The number of pyridine rings is 1. The van der Waals surface area contributed by atoms with Gasteiger partial charge in [-0.3, -0.25) is 0 Å². The Hall–Kier alpha value is 0.0195. The summed E-state index contributed by atoms with van der Waals surface area (Å²) in [5, 5.41) is 0.107. The van der Waals surface area contributed by atoms with Crippen LogP contribution in [-0.4, -0.2) is 29.6 Å². The van der Waals surface area contributed by atoms with Crippen LogP contribution in [0.1, 0.15) is 0 Å². The molecule has 0 bridgehead atoms. The third kappa shape index (κ3) is 2.47. The van der Waals surface area contributed by atoms with Crippen LogP contribution in [0, 0.1) is 3.70 Å². The van der Waals surface area contributed by atoms with E-state index in [1.165, 1.54) is 4.52 Å². The first kappa shape index (κ1) is 12.5. The minimum absolute atomic E-state index is 0.225. The average molecular weight is 425 g/mol. The van der Waals surface area contributed by atoms with Gasteiger partial charge in [-0.1, -0.05) is 0 Å². The van der Waals surface area contributed by atoms with E-state index in [4.69, 9.17) is 11.6 Å². The van der Waals surface area contributed by atoms with Crippen LogP contribution in [0.5, 0.6) is 0 Å². The first-order valence-electron chi connectivity index (χ1n) is 3.97. The van der Waals surface area contributed by atoms with Crippen molar-refractivity contribution in [2.45, 2.75) is 5.07 Å². The molecule has 0 radical (unpaired) electrons. The van der Waals surface area contributed by atoms with Gasteiger partial charge in [-0.15, -0.1) is 0 Å². The van der Waals surface area contributed by atoms with Gasteiger partial charge in [0.05, 0.1) is 0 Å². The molecule has 8 heteroatoms. The Morgan fingerprint density at radius 3 is 2.69 bits per heavy atom. The van der Waals surface area contributed by atoms with Gasteiger partial charge in [0.1, 0.15) is 0 Å². The van der Waals surface area contributed by atoms with Gasteiger partial charge in [-0.05, 0) is 0 Å². The van der Waals surface area contributed by atoms with Crippen LogP contribution < -0.4 is 4.46 Å². The molecular weight excluding hydrogens is 422 g/mol. The Kier molecular flexibility index (Phi) is 3.40. The predicted octanol–water partition coefficient (Wildman–Crippen LogP) is 2.44. The van der Waals surface area contributed by atoms with Gasteiger partial charge in [0.25, 0.3) is 0 Å². The molecule has 0 fully saturated rings. The van der Waals surface area contributed by atoms with Crippen molar-refractivity contribution in [3.8, 4) is 0 Å². The molecule has 0 unspecified atom stereocenters. The normalized spacial score (nSPS) is 12.3. The maximum absolute atomic E-state index is 12.4. The number of hydrogen-bond donors (Lipinski definition) is 0. The van der Waals surface area contributed by atoms with Gasteiger partial charge >= 0.3 is 114 Å². The average Bonchev–Trinajstić information content (AvgIpc) is 2.44. The number of fused-ring (bicyclic) bond motifs is 1. The van der Waals surface area contributed by atoms with Crippen LogP contribution in [-0.2, 0) is 0 Å². The number of halogens is 5. The summed E-state index contributed by atoms with van der Waals surface area (Å²) in [6.45, 7) is 0. The van der Waals surface area contributed by atoms with E-state index in [0.29, 0.717) is 14.4 Å². The summed E-state index contributed by atoms with van der Waals surface area (Å²) in [7, 11) is 0. The SMILES string of the molecule is FC(F)(F)[Se]c1c(I)nn2c(Cl)cccc12. The molecule has 86 valence electrons. The number of rotatable bonds is 1. The minimum atomic E-state index is -4.18. The summed E-state index contributed by atoms with van der Waals surface area (Å²) in [6.07, 6.45) is 0. The van der Waals surface area contributed by atoms with E-state index in [0.717, 1.165) is 0 Å². The van der Waals surface area contributed by atoms with Crippen molar-refractivity contribution < 1.29 is 13.2 Å². The molecule has 0 saturated carbocycles.